The number of aromatic hydroxyl groups is 2. The molecule has 1 aromatic carbocycles. The summed E-state index contributed by atoms with van der Waals surface area (Å²) in [6, 6.07) is 1.92. The molecule has 25 heavy (non-hydrogen) atoms. The first-order valence-electron chi connectivity index (χ1n) is 9.13. The van der Waals surface area contributed by atoms with Crippen LogP contribution in [0.2, 0.25) is 0 Å². The third-order valence-corrected chi connectivity index (χ3v) is 6.76. The van der Waals surface area contributed by atoms with Crippen LogP contribution >= 0.6 is 0 Å². The summed E-state index contributed by atoms with van der Waals surface area (Å²) in [4.78, 5) is 0. The van der Waals surface area contributed by atoms with Gasteiger partial charge in [0.05, 0.1) is 18.8 Å². The highest BCUT2D eigenvalue weighted by molar-refractivity contribution is 5.59. The number of fused-ring (bicyclic) bond motifs is 3. The molecule has 1 fully saturated rings. The van der Waals surface area contributed by atoms with E-state index in [-0.39, 0.29) is 36.4 Å². The molecule has 1 aromatic rings. The molecule has 0 amide bonds. The molecule has 0 spiro atoms. The molecule has 5 heteroatoms. The molecule has 0 bridgehead atoms. The maximum Gasteiger partial charge on any atom is 0.161 e. The van der Waals surface area contributed by atoms with Gasteiger partial charge in [-0.05, 0) is 42.1 Å². The van der Waals surface area contributed by atoms with Crippen LogP contribution in [0.3, 0.4) is 0 Å². The van der Waals surface area contributed by atoms with Crippen molar-refractivity contribution in [3.8, 4) is 11.5 Å². The number of phenols is 2. The van der Waals surface area contributed by atoms with Crippen molar-refractivity contribution in [1.82, 2.24) is 0 Å². The summed E-state index contributed by atoms with van der Waals surface area (Å²) in [5.41, 5.74) is 0.679. The van der Waals surface area contributed by atoms with Crippen LogP contribution in [0, 0.1) is 11.3 Å². The fourth-order valence-electron chi connectivity index (χ4n) is 5.45. The standard InChI is InChI=1S/C20H30O5/c1-10(2)12-7-11-5-6-14-19(3,4)18(25)13(22)8-20(14,9-21)15(11)17(24)16(12)23/h7,10,13-14,18,21-25H,5-6,8-9H2,1-4H3/t13-,14+,18+,20-/m1/s1. The molecule has 0 radical (unpaired) electrons. The fourth-order valence-corrected chi connectivity index (χ4v) is 5.45. The van der Waals surface area contributed by atoms with Crippen molar-refractivity contribution in [2.24, 2.45) is 11.3 Å². The molecular weight excluding hydrogens is 320 g/mol. The van der Waals surface area contributed by atoms with E-state index in [0.29, 0.717) is 17.5 Å². The lowest BCUT2D eigenvalue weighted by Gasteiger charge is -2.58. The van der Waals surface area contributed by atoms with Gasteiger partial charge in [0.15, 0.2) is 11.5 Å². The third-order valence-electron chi connectivity index (χ3n) is 6.76. The average molecular weight is 350 g/mol. The lowest BCUT2D eigenvalue weighted by molar-refractivity contribution is -0.154. The molecule has 0 unspecified atom stereocenters. The highest BCUT2D eigenvalue weighted by Gasteiger charge is 2.59. The number of phenolic OH excluding ortho intramolecular Hbond substituents is 2. The van der Waals surface area contributed by atoms with Crippen molar-refractivity contribution in [3.63, 3.8) is 0 Å². The van der Waals surface area contributed by atoms with Gasteiger partial charge in [0.25, 0.3) is 0 Å². The number of aryl methyl sites for hydroxylation is 1. The van der Waals surface area contributed by atoms with Crippen molar-refractivity contribution >= 4 is 0 Å². The minimum atomic E-state index is -0.990. The van der Waals surface area contributed by atoms with E-state index in [4.69, 9.17) is 0 Å². The number of aliphatic hydroxyl groups excluding tert-OH is 3. The topological polar surface area (TPSA) is 101 Å². The molecular formula is C20H30O5. The van der Waals surface area contributed by atoms with Crippen LogP contribution in [0.15, 0.2) is 6.07 Å². The highest BCUT2D eigenvalue weighted by atomic mass is 16.3. The summed E-state index contributed by atoms with van der Waals surface area (Å²) in [6.45, 7) is 7.47. The quantitative estimate of drug-likeness (QED) is 0.526. The second-order valence-corrected chi connectivity index (χ2v) is 8.80. The van der Waals surface area contributed by atoms with E-state index in [1.807, 2.05) is 33.8 Å². The predicted octanol–water partition coefficient (Wildman–Crippen LogP) is 2.17. The molecule has 140 valence electrons. The molecule has 3 rings (SSSR count). The highest BCUT2D eigenvalue weighted by Crippen LogP contribution is 2.60. The lowest BCUT2D eigenvalue weighted by atomic mass is 9.48. The molecule has 2 aliphatic carbocycles. The van der Waals surface area contributed by atoms with E-state index in [9.17, 15) is 25.5 Å². The largest absolute Gasteiger partial charge is 0.504 e. The van der Waals surface area contributed by atoms with E-state index in [1.54, 1.807) is 0 Å². The van der Waals surface area contributed by atoms with Gasteiger partial charge in [-0.15, -0.1) is 0 Å². The number of aliphatic hydroxyl groups is 3. The van der Waals surface area contributed by atoms with Gasteiger partial charge in [0.1, 0.15) is 0 Å². The summed E-state index contributed by atoms with van der Waals surface area (Å²) in [7, 11) is 0. The van der Waals surface area contributed by atoms with E-state index >= 15 is 0 Å². The van der Waals surface area contributed by atoms with Crippen LogP contribution in [0.1, 0.15) is 63.1 Å². The summed E-state index contributed by atoms with van der Waals surface area (Å²) in [5, 5.41) is 52.7. The van der Waals surface area contributed by atoms with Crippen LogP contribution in [0.25, 0.3) is 0 Å². The first-order chi connectivity index (χ1) is 11.6. The maximum atomic E-state index is 10.8. The smallest absolute Gasteiger partial charge is 0.161 e. The van der Waals surface area contributed by atoms with E-state index in [2.05, 4.69) is 0 Å². The second-order valence-electron chi connectivity index (χ2n) is 8.80. The fraction of sp³-hybridized carbons (Fsp3) is 0.700. The van der Waals surface area contributed by atoms with Gasteiger partial charge >= 0.3 is 0 Å². The first kappa shape index (κ1) is 18.5. The SMILES string of the molecule is CC(C)c1cc2c(c(O)c1O)[C@@]1(CO)C[C@@H](O)[C@H](O)C(C)(C)[C@@H]1CC2. The van der Waals surface area contributed by atoms with Crippen LogP contribution in [-0.4, -0.2) is 44.3 Å². The molecule has 5 N–H and O–H groups in total. The molecule has 0 aromatic heterocycles. The van der Waals surface area contributed by atoms with Crippen molar-refractivity contribution in [1.29, 1.82) is 0 Å². The zero-order valence-electron chi connectivity index (χ0n) is 15.5. The van der Waals surface area contributed by atoms with Gasteiger partial charge in [-0.2, -0.15) is 0 Å². The predicted molar refractivity (Wildman–Crippen MR) is 94.8 cm³/mol. The summed E-state index contributed by atoms with van der Waals surface area (Å²) in [5.74, 6) is -0.361. The van der Waals surface area contributed by atoms with Crippen LogP contribution in [0.4, 0.5) is 0 Å². The Balaban J connectivity index is 2.26. The molecule has 0 heterocycles. The number of benzene rings is 1. The average Bonchev–Trinajstić information content (AvgIpc) is 2.55. The Morgan fingerprint density at radius 3 is 2.36 bits per heavy atom. The minimum Gasteiger partial charge on any atom is -0.504 e. The molecule has 5 nitrogen and oxygen atoms in total. The Hall–Kier alpha value is -1.30. The van der Waals surface area contributed by atoms with E-state index in [0.717, 1.165) is 12.0 Å². The Labute approximate surface area is 149 Å². The summed E-state index contributed by atoms with van der Waals surface area (Å²) >= 11 is 0. The molecule has 4 atom stereocenters. The van der Waals surface area contributed by atoms with Gasteiger partial charge in [-0.25, -0.2) is 0 Å². The van der Waals surface area contributed by atoms with Crippen molar-refractivity contribution in [2.75, 3.05) is 6.61 Å². The molecule has 2 aliphatic rings. The Bertz CT molecular complexity index is 681. The Kier molecular flexibility index (Phi) is 4.34. The summed E-state index contributed by atoms with van der Waals surface area (Å²) < 4.78 is 0. The Morgan fingerprint density at radius 2 is 1.80 bits per heavy atom. The van der Waals surface area contributed by atoms with Crippen molar-refractivity contribution < 1.29 is 25.5 Å². The monoisotopic (exact) mass is 350 g/mol. The number of hydrogen-bond donors (Lipinski definition) is 5. The zero-order valence-corrected chi connectivity index (χ0v) is 15.5. The number of rotatable bonds is 2. The second kappa shape index (κ2) is 5.86. The normalized spacial score (nSPS) is 33.8. The van der Waals surface area contributed by atoms with E-state index in [1.165, 1.54) is 0 Å². The van der Waals surface area contributed by atoms with Crippen molar-refractivity contribution in [2.45, 2.75) is 70.5 Å². The van der Waals surface area contributed by atoms with Crippen LogP contribution < -0.4 is 0 Å². The van der Waals surface area contributed by atoms with Gasteiger partial charge in [0, 0.05) is 16.5 Å². The van der Waals surface area contributed by atoms with Gasteiger partial charge in [-0.3, -0.25) is 0 Å². The lowest BCUT2D eigenvalue weighted by Crippen LogP contribution is -2.61. The maximum absolute atomic E-state index is 10.8. The summed E-state index contributed by atoms with van der Waals surface area (Å²) in [6.07, 6.45) is -0.243. The zero-order chi connectivity index (χ0) is 18.7. The van der Waals surface area contributed by atoms with Gasteiger partial charge < -0.3 is 25.5 Å². The first-order valence-corrected chi connectivity index (χ1v) is 9.13. The van der Waals surface area contributed by atoms with Crippen LogP contribution in [0.5, 0.6) is 11.5 Å². The number of hydrogen-bond acceptors (Lipinski definition) is 5. The minimum absolute atomic E-state index is 0.0641. The van der Waals surface area contributed by atoms with Gasteiger partial charge in [0.2, 0.25) is 0 Å². The molecule has 0 aliphatic heterocycles. The van der Waals surface area contributed by atoms with Crippen LogP contribution in [-0.2, 0) is 11.8 Å². The third kappa shape index (κ3) is 2.40. The van der Waals surface area contributed by atoms with Crippen molar-refractivity contribution in [3.05, 3.63) is 22.8 Å². The van der Waals surface area contributed by atoms with Gasteiger partial charge in [-0.1, -0.05) is 33.8 Å². The van der Waals surface area contributed by atoms with E-state index < -0.39 is 23.0 Å². The Morgan fingerprint density at radius 1 is 1.16 bits per heavy atom. The molecule has 0 saturated heterocycles. The molecule has 1 saturated carbocycles.